The summed E-state index contributed by atoms with van der Waals surface area (Å²) in [4.78, 5) is 19.6. The van der Waals surface area contributed by atoms with Crippen molar-refractivity contribution in [2.24, 2.45) is 0 Å². The molecular formula is C23H29N5O2. The molecule has 0 aliphatic carbocycles. The Morgan fingerprint density at radius 3 is 2.73 bits per heavy atom. The van der Waals surface area contributed by atoms with Crippen LogP contribution in [0.15, 0.2) is 42.7 Å². The molecule has 3 heterocycles. The number of ether oxygens (including phenoxy) is 1. The van der Waals surface area contributed by atoms with E-state index >= 15 is 0 Å². The third kappa shape index (κ3) is 4.31. The van der Waals surface area contributed by atoms with Crippen molar-refractivity contribution in [3.05, 3.63) is 53.9 Å². The summed E-state index contributed by atoms with van der Waals surface area (Å²) in [5.41, 5.74) is 2.59. The normalized spacial score (nSPS) is 15.6. The summed E-state index contributed by atoms with van der Waals surface area (Å²) in [5, 5.41) is 8.44. The number of carbonyl (C=O) groups excluding carboxylic acids is 1. The Kier molecular flexibility index (Phi) is 5.99. The predicted octanol–water partition coefficient (Wildman–Crippen LogP) is 3.42. The number of nitrogens with one attached hydrogen (secondary N) is 1. The van der Waals surface area contributed by atoms with Crippen LogP contribution in [0.1, 0.15) is 48.7 Å². The van der Waals surface area contributed by atoms with Gasteiger partial charge < -0.3 is 10.1 Å². The van der Waals surface area contributed by atoms with Gasteiger partial charge in [0.05, 0.1) is 18.9 Å². The monoisotopic (exact) mass is 407 g/mol. The van der Waals surface area contributed by atoms with Crippen molar-refractivity contribution >= 4 is 16.9 Å². The SMILES string of the molecule is COc1ccccc1CN1CCC(NC(=O)c2cnc3c(cnn3C(C)C)c2)CC1. The van der Waals surface area contributed by atoms with Gasteiger partial charge in [-0.05, 0) is 38.8 Å². The smallest absolute Gasteiger partial charge is 0.253 e. The molecule has 0 bridgehead atoms. The quantitative estimate of drug-likeness (QED) is 0.678. The number of nitrogens with zero attached hydrogens (tertiary/aromatic N) is 4. The largest absolute Gasteiger partial charge is 0.496 e. The average molecular weight is 408 g/mol. The standard InChI is InChI=1S/C23H29N5O2/c1-16(2)28-22-18(14-25-28)12-19(13-24-22)23(29)26-20-8-10-27(11-9-20)15-17-6-4-5-7-21(17)30-3/h4-7,12-14,16,20H,8-11,15H2,1-3H3,(H,26,29). The number of benzene rings is 1. The molecule has 1 fully saturated rings. The third-order valence-corrected chi connectivity index (χ3v) is 5.69. The zero-order valence-electron chi connectivity index (χ0n) is 17.8. The number of aromatic nitrogens is 3. The molecule has 0 spiro atoms. The van der Waals surface area contributed by atoms with Gasteiger partial charge in [0.1, 0.15) is 5.75 Å². The minimum absolute atomic E-state index is 0.0649. The summed E-state index contributed by atoms with van der Waals surface area (Å²) < 4.78 is 7.33. The van der Waals surface area contributed by atoms with Gasteiger partial charge in [-0.25, -0.2) is 9.67 Å². The fraction of sp³-hybridized carbons (Fsp3) is 0.435. The molecule has 30 heavy (non-hydrogen) atoms. The molecule has 158 valence electrons. The van der Waals surface area contributed by atoms with E-state index in [9.17, 15) is 4.79 Å². The van der Waals surface area contributed by atoms with Gasteiger partial charge in [0, 0.05) is 48.9 Å². The maximum Gasteiger partial charge on any atom is 0.253 e. The topological polar surface area (TPSA) is 72.3 Å². The lowest BCUT2D eigenvalue weighted by Gasteiger charge is -2.32. The zero-order chi connectivity index (χ0) is 21.1. The molecule has 0 unspecified atom stereocenters. The maximum atomic E-state index is 12.7. The molecule has 1 aliphatic rings. The fourth-order valence-electron chi connectivity index (χ4n) is 4.02. The van der Waals surface area contributed by atoms with Crippen LogP contribution >= 0.6 is 0 Å². The average Bonchev–Trinajstić information content (AvgIpc) is 3.19. The summed E-state index contributed by atoms with van der Waals surface area (Å²) in [5.74, 6) is 0.862. The second-order valence-corrected chi connectivity index (χ2v) is 8.16. The van der Waals surface area contributed by atoms with Crippen molar-refractivity contribution in [2.45, 2.75) is 45.3 Å². The van der Waals surface area contributed by atoms with E-state index in [1.807, 2.05) is 28.9 Å². The minimum atomic E-state index is -0.0649. The summed E-state index contributed by atoms with van der Waals surface area (Å²) in [7, 11) is 1.71. The first-order valence-corrected chi connectivity index (χ1v) is 10.5. The number of carbonyl (C=O) groups is 1. The molecule has 1 saturated heterocycles. The lowest BCUT2D eigenvalue weighted by atomic mass is 10.0. The molecule has 1 N–H and O–H groups in total. The van der Waals surface area contributed by atoms with E-state index in [0.717, 1.165) is 49.3 Å². The van der Waals surface area contributed by atoms with E-state index in [1.165, 1.54) is 5.56 Å². The number of amides is 1. The minimum Gasteiger partial charge on any atom is -0.496 e. The van der Waals surface area contributed by atoms with Crippen molar-refractivity contribution in [1.29, 1.82) is 0 Å². The third-order valence-electron chi connectivity index (χ3n) is 5.69. The Morgan fingerprint density at radius 2 is 2.00 bits per heavy atom. The van der Waals surface area contributed by atoms with Gasteiger partial charge in [-0.3, -0.25) is 9.69 Å². The number of para-hydroxylation sites is 1. The van der Waals surface area contributed by atoms with Gasteiger partial charge in [-0.15, -0.1) is 0 Å². The molecule has 7 heteroatoms. The van der Waals surface area contributed by atoms with Gasteiger partial charge in [0.2, 0.25) is 0 Å². The van der Waals surface area contributed by atoms with E-state index in [1.54, 1.807) is 19.5 Å². The van der Waals surface area contributed by atoms with Gasteiger partial charge >= 0.3 is 0 Å². The Bertz CT molecular complexity index is 1020. The number of pyridine rings is 1. The number of methoxy groups -OCH3 is 1. The van der Waals surface area contributed by atoms with Crippen molar-refractivity contribution < 1.29 is 9.53 Å². The van der Waals surface area contributed by atoms with Crippen LogP contribution in [0, 0.1) is 0 Å². The zero-order valence-corrected chi connectivity index (χ0v) is 17.8. The highest BCUT2D eigenvalue weighted by Crippen LogP contribution is 2.22. The highest BCUT2D eigenvalue weighted by molar-refractivity contribution is 5.97. The Hall–Kier alpha value is -2.93. The number of likely N-dealkylation sites (tertiary alicyclic amines) is 1. The van der Waals surface area contributed by atoms with E-state index < -0.39 is 0 Å². The molecule has 4 rings (SSSR count). The molecule has 1 aliphatic heterocycles. The Morgan fingerprint density at radius 1 is 1.23 bits per heavy atom. The maximum absolute atomic E-state index is 12.7. The predicted molar refractivity (Wildman–Crippen MR) is 117 cm³/mol. The summed E-state index contributed by atoms with van der Waals surface area (Å²) in [6.45, 7) is 6.89. The van der Waals surface area contributed by atoms with Crippen LogP contribution < -0.4 is 10.1 Å². The molecule has 1 amide bonds. The van der Waals surface area contributed by atoms with Gasteiger partial charge in [0.25, 0.3) is 5.91 Å². The number of hydrogen-bond acceptors (Lipinski definition) is 5. The lowest BCUT2D eigenvalue weighted by molar-refractivity contribution is 0.0908. The first kappa shape index (κ1) is 20.3. The number of piperidine rings is 1. The van der Waals surface area contributed by atoms with Crippen LogP contribution in [-0.2, 0) is 6.54 Å². The van der Waals surface area contributed by atoms with Crippen LogP contribution in [0.25, 0.3) is 11.0 Å². The summed E-state index contributed by atoms with van der Waals surface area (Å²) in [6.07, 6.45) is 5.29. The van der Waals surface area contributed by atoms with Crippen LogP contribution in [0.2, 0.25) is 0 Å². The molecule has 7 nitrogen and oxygen atoms in total. The highest BCUT2D eigenvalue weighted by Gasteiger charge is 2.22. The molecule has 0 saturated carbocycles. The van der Waals surface area contributed by atoms with Gasteiger partial charge in [-0.2, -0.15) is 5.10 Å². The van der Waals surface area contributed by atoms with Crippen molar-refractivity contribution in [3.63, 3.8) is 0 Å². The second-order valence-electron chi connectivity index (χ2n) is 8.16. The number of hydrogen-bond donors (Lipinski definition) is 1. The van der Waals surface area contributed by atoms with E-state index in [-0.39, 0.29) is 18.0 Å². The molecule has 2 aromatic heterocycles. The Balaban J connectivity index is 1.33. The first-order valence-electron chi connectivity index (χ1n) is 10.5. The molecule has 3 aromatic rings. The lowest BCUT2D eigenvalue weighted by Crippen LogP contribution is -2.44. The summed E-state index contributed by atoms with van der Waals surface area (Å²) in [6, 6.07) is 10.4. The van der Waals surface area contributed by atoms with Crippen molar-refractivity contribution in [3.8, 4) is 5.75 Å². The van der Waals surface area contributed by atoms with Gasteiger partial charge in [0.15, 0.2) is 5.65 Å². The Labute approximate surface area is 177 Å². The van der Waals surface area contributed by atoms with Crippen LogP contribution in [0.4, 0.5) is 0 Å². The van der Waals surface area contributed by atoms with E-state index in [0.29, 0.717) is 5.56 Å². The second kappa shape index (κ2) is 8.83. The van der Waals surface area contributed by atoms with Crippen LogP contribution in [0.3, 0.4) is 0 Å². The highest BCUT2D eigenvalue weighted by atomic mass is 16.5. The van der Waals surface area contributed by atoms with Crippen LogP contribution in [-0.4, -0.2) is 51.8 Å². The number of rotatable bonds is 6. The van der Waals surface area contributed by atoms with Crippen LogP contribution in [0.5, 0.6) is 5.75 Å². The van der Waals surface area contributed by atoms with Gasteiger partial charge in [-0.1, -0.05) is 18.2 Å². The van der Waals surface area contributed by atoms with Crippen molar-refractivity contribution in [1.82, 2.24) is 25.0 Å². The molecular weight excluding hydrogens is 378 g/mol. The van der Waals surface area contributed by atoms with E-state index in [2.05, 4.69) is 40.2 Å². The first-order chi connectivity index (χ1) is 14.5. The summed E-state index contributed by atoms with van der Waals surface area (Å²) >= 11 is 0. The number of fused-ring (bicyclic) bond motifs is 1. The fourth-order valence-corrected chi connectivity index (χ4v) is 4.02. The van der Waals surface area contributed by atoms with E-state index in [4.69, 9.17) is 4.74 Å². The van der Waals surface area contributed by atoms with Crippen molar-refractivity contribution in [2.75, 3.05) is 20.2 Å². The molecule has 0 atom stereocenters. The molecule has 1 aromatic carbocycles. The molecule has 0 radical (unpaired) electrons.